The Morgan fingerprint density at radius 3 is 2.64 bits per heavy atom. The SMILES string of the molecule is CCOC(=O)c1c(C)[nH]c(C(=O)c2cc3ccc(OC)cc3o2)c1C. The molecule has 0 aliphatic carbocycles. The Bertz CT molecular complexity index is 964. The molecule has 6 heteroatoms. The molecule has 0 atom stereocenters. The maximum Gasteiger partial charge on any atom is 0.340 e. The number of rotatable bonds is 5. The molecule has 1 aromatic carbocycles. The van der Waals surface area contributed by atoms with Crippen molar-refractivity contribution in [2.45, 2.75) is 20.8 Å². The average molecular weight is 341 g/mol. The maximum atomic E-state index is 12.8. The number of H-pyrrole nitrogens is 1. The van der Waals surface area contributed by atoms with E-state index in [4.69, 9.17) is 13.9 Å². The van der Waals surface area contributed by atoms with Gasteiger partial charge >= 0.3 is 5.97 Å². The number of hydrogen-bond acceptors (Lipinski definition) is 5. The molecule has 25 heavy (non-hydrogen) atoms. The molecule has 1 N–H and O–H groups in total. The number of aromatic amines is 1. The molecule has 0 saturated heterocycles. The number of aryl methyl sites for hydroxylation is 1. The molecule has 0 spiro atoms. The molecule has 2 aromatic heterocycles. The topological polar surface area (TPSA) is 81.5 Å². The van der Waals surface area contributed by atoms with Gasteiger partial charge in [0.1, 0.15) is 11.3 Å². The van der Waals surface area contributed by atoms with Crippen LogP contribution in [-0.4, -0.2) is 30.5 Å². The standard InChI is InChI=1S/C19H19NO5/c1-5-24-19(22)16-10(2)17(20-11(16)3)18(21)15-8-12-6-7-13(23-4)9-14(12)25-15/h6-9,20H,5H2,1-4H3. The summed E-state index contributed by atoms with van der Waals surface area (Å²) >= 11 is 0. The number of benzene rings is 1. The van der Waals surface area contributed by atoms with Crippen LogP contribution in [-0.2, 0) is 4.74 Å². The normalized spacial score (nSPS) is 10.9. The first-order valence-corrected chi connectivity index (χ1v) is 7.94. The van der Waals surface area contributed by atoms with E-state index in [1.54, 1.807) is 46.1 Å². The van der Waals surface area contributed by atoms with Crippen molar-refractivity contribution in [1.29, 1.82) is 0 Å². The number of carbonyl (C=O) groups excluding carboxylic acids is 2. The number of fused-ring (bicyclic) bond motifs is 1. The van der Waals surface area contributed by atoms with Crippen molar-refractivity contribution in [3.05, 3.63) is 52.5 Å². The molecule has 3 rings (SSSR count). The first-order valence-electron chi connectivity index (χ1n) is 7.94. The zero-order valence-corrected chi connectivity index (χ0v) is 14.6. The second-order valence-corrected chi connectivity index (χ2v) is 5.69. The highest BCUT2D eigenvalue weighted by atomic mass is 16.5. The summed E-state index contributed by atoms with van der Waals surface area (Å²) in [6.45, 7) is 5.47. The fourth-order valence-electron chi connectivity index (χ4n) is 2.86. The molecule has 0 radical (unpaired) electrons. The van der Waals surface area contributed by atoms with Crippen LogP contribution in [0, 0.1) is 13.8 Å². The molecular formula is C19H19NO5. The van der Waals surface area contributed by atoms with E-state index in [2.05, 4.69) is 4.98 Å². The Labute approximate surface area is 144 Å². The van der Waals surface area contributed by atoms with Crippen molar-refractivity contribution in [3.8, 4) is 5.75 Å². The van der Waals surface area contributed by atoms with E-state index in [1.807, 2.05) is 6.07 Å². The predicted octanol–water partition coefficient (Wildman–Crippen LogP) is 3.79. The van der Waals surface area contributed by atoms with Gasteiger partial charge in [0.2, 0.25) is 5.78 Å². The third-order valence-corrected chi connectivity index (χ3v) is 4.10. The van der Waals surface area contributed by atoms with Crippen LogP contribution in [0.25, 0.3) is 11.0 Å². The minimum atomic E-state index is -0.442. The minimum Gasteiger partial charge on any atom is -0.497 e. The van der Waals surface area contributed by atoms with E-state index in [0.29, 0.717) is 33.8 Å². The van der Waals surface area contributed by atoms with Crippen LogP contribution in [0.1, 0.15) is 44.8 Å². The molecule has 6 nitrogen and oxygen atoms in total. The quantitative estimate of drug-likeness (QED) is 0.564. The van der Waals surface area contributed by atoms with Crippen molar-refractivity contribution < 1.29 is 23.5 Å². The summed E-state index contributed by atoms with van der Waals surface area (Å²) in [5.41, 5.74) is 2.43. The van der Waals surface area contributed by atoms with Crippen molar-refractivity contribution in [1.82, 2.24) is 4.98 Å². The van der Waals surface area contributed by atoms with Crippen LogP contribution < -0.4 is 4.74 Å². The summed E-state index contributed by atoms with van der Waals surface area (Å²) in [5.74, 6) is 0.0915. The molecule has 0 saturated carbocycles. The molecule has 130 valence electrons. The lowest BCUT2D eigenvalue weighted by Gasteiger charge is -2.02. The summed E-state index contributed by atoms with van der Waals surface area (Å²) in [6, 6.07) is 7.03. The molecule has 0 unspecified atom stereocenters. The largest absolute Gasteiger partial charge is 0.497 e. The third kappa shape index (κ3) is 2.91. The van der Waals surface area contributed by atoms with E-state index in [0.717, 1.165) is 5.39 Å². The zero-order valence-electron chi connectivity index (χ0n) is 14.6. The molecule has 0 aliphatic rings. The second-order valence-electron chi connectivity index (χ2n) is 5.69. The highest BCUT2D eigenvalue weighted by Gasteiger charge is 2.25. The van der Waals surface area contributed by atoms with Crippen molar-refractivity contribution >= 4 is 22.7 Å². The molecular weight excluding hydrogens is 322 g/mol. The number of carbonyl (C=O) groups is 2. The fourth-order valence-corrected chi connectivity index (χ4v) is 2.86. The number of aromatic nitrogens is 1. The first kappa shape index (κ1) is 16.8. The highest BCUT2D eigenvalue weighted by molar-refractivity contribution is 6.10. The van der Waals surface area contributed by atoms with Crippen LogP contribution in [0.2, 0.25) is 0 Å². The van der Waals surface area contributed by atoms with E-state index < -0.39 is 5.97 Å². The average Bonchev–Trinajstić information content (AvgIpc) is 3.14. The predicted molar refractivity (Wildman–Crippen MR) is 92.4 cm³/mol. The number of furan rings is 1. The lowest BCUT2D eigenvalue weighted by molar-refractivity contribution is 0.0525. The lowest BCUT2D eigenvalue weighted by atomic mass is 10.1. The van der Waals surface area contributed by atoms with Crippen LogP contribution in [0.15, 0.2) is 28.7 Å². The van der Waals surface area contributed by atoms with Crippen LogP contribution in [0.4, 0.5) is 0 Å². The van der Waals surface area contributed by atoms with Gasteiger partial charge in [-0.25, -0.2) is 4.79 Å². The van der Waals surface area contributed by atoms with E-state index in [1.165, 1.54) is 0 Å². The molecule has 3 aromatic rings. The number of esters is 1. The summed E-state index contributed by atoms with van der Waals surface area (Å²) in [5, 5.41) is 0.802. The van der Waals surface area contributed by atoms with Crippen molar-refractivity contribution in [3.63, 3.8) is 0 Å². The van der Waals surface area contributed by atoms with Gasteiger partial charge in [0.15, 0.2) is 5.76 Å². The summed E-state index contributed by atoms with van der Waals surface area (Å²) < 4.78 is 15.9. The number of ether oxygens (including phenoxy) is 2. The highest BCUT2D eigenvalue weighted by Crippen LogP contribution is 2.27. The maximum absolute atomic E-state index is 12.8. The smallest absolute Gasteiger partial charge is 0.340 e. The number of hydrogen-bond donors (Lipinski definition) is 1. The van der Waals surface area contributed by atoms with E-state index >= 15 is 0 Å². The van der Waals surface area contributed by atoms with Gasteiger partial charge < -0.3 is 18.9 Å². The van der Waals surface area contributed by atoms with Gasteiger partial charge in [-0.2, -0.15) is 0 Å². The summed E-state index contributed by atoms with van der Waals surface area (Å²) in [4.78, 5) is 27.9. The Morgan fingerprint density at radius 1 is 1.20 bits per heavy atom. The summed E-state index contributed by atoms with van der Waals surface area (Å²) in [7, 11) is 1.57. The number of methoxy groups -OCH3 is 1. The third-order valence-electron chi connectivity index (χ3n) is 4.10. The van der Waals surface area contributed by atoms with Gasteiger partial charge in [-0.15, -0.1) is 0 Å². The van der Waals surface area contributed by atoms with Gasteiger partial charge in [0.05, 0.1) is 25.0 Å². The van der Waals surface area contributed by atoms with Gasteiger partial charge in [-0.1, -0.05) is 0 Å². The van der Waals surface area contributed by atoms with Crippen LogP contribution >= 0.6 is 0 Å². The van der Waals surface area contributed by atoms with E-state index in [-0.39, 0.29) is 18.2 Å². The zero-order chi connectivity index (χ0) is 18.1. The summed E-state index contributed by atoms with van der Waals surface area (Å²) in [6.07, 6.45) is 0. The Hall–Kier alpha value is -3.02. The molecule has 0 fully saturated rings. The second kappa shape index (κ2) is 6.47. The molecule has 2 heterocycles. The first-order chi connectivity index (χ1) is 12.0. The molecule has 0 aliphatic heterocycles. The van der Waals surface area contributed by atoms with Gasteiger partial charge in [0.25, 0.3) is 0 Å². The monoisotopic (exact) mass is 341 g/mol. The van der Waals surface area contributed by atoms with Gasteiger partial charge in [-0.05, 0) is 44.5 Å². The van der Waals surface area contributed by atoms with Gasteiger partial charge in [-0.3, -0.25) is 4.79 Å². The number of nitrogens with one attached hydrogen (secondary N) is 1. The molecule has 0 bridgehead atoms. The Morgan fingerprint density at radius 2 is 1.96 bits per heavy atom. The van der Waals surface area contributed by atoms with Crippen molar-refractivity contribution in [2.24, 2.45) is 0 Å². The lowest BCUT2D eigenvalue weighted by Crippen LogP contribution is -2.07. The minimum absolute atomic E-state index is 0.197. The van der Waals surface area contributed by atoms with E-state index in [9.17, 15) is 9.59 Å². The number of ketones is 1. The Kier molecular flexibility index (Phi) is 4.35. The van der Waals surface area contributed by atoms with Gasteiger partial charge in [0, 0.05) is 17.1 Å². The van der Waals surface area contributed by atoms with Crippen LogP contribution in [0.3, 0.4) is 0 Å². The van der Waals surface area contributed by atoms with Crippen LogP contribution in [0.5, 0.6) is 5.75 Å². The fraction of sp³-hybridized carbons (Fsp3) is 0.263. The van der Waals surface area contributed by atoms with Crippen molar-refractivity contribution in [2.75, 3.05) is 13.7 Å². The Balaban J connectivity index is 2.01. The molecule has 0 amide bonds.